The van der Waals surface area contributed by atoms with Gasteiger partial charge in [0.2, 0.25) is 0 Å². The molecular formula is C18H20ClFN3O2+. The Morgan fingerprint density at radius 1 is 1.16 bits per heavy atom. The zero-order valence-corrected chi connectivity index (χ0v) is 14.8. The zero-order chi connectivity index (χ0) is 18.4. The highest BCUT2D eigenvalue weighted by Gasteiger charge is 2.12. The quantitative estimate of drug-likeness (QED) is 0.727. The summed E-state index contributed by atoms with van der Waals surface area (Å²) in [6.45, 7) is 0.873. The lowest BCUT2D eigenvalue weighted by molar-refractivity contribution is -0.885. The highest BCUT2D eigenvalue weighted by molar-refractivity contribution is 6.31. The third kappa shape index (κ3) is 5.55. The van der Waals surface area contributed by atoms with Crippen LogP contribution in [0.5, 0.6) is 0 Å². The maximum atomic E-state index is 13.1. The molecular weight excluding hydrogens is 345 g/mol. The number of benzene rings is 2. The summed E-state index contributed by atoms with van der Waals surface area (Å²) in [5.41, 5.74) is 2.07. The second-order valence-electron chi connectivity index (χ2n) is 5.76. The average molecular weight is 365 g/mol. The van der Waals surface area contributed by atoms with Crippen molar-refractivity contribution in [1.29, 1.82) is 0 Å². The van der Waals surface area contributed by atoms with Gasteiger partial charge < -0.3 is 15.5 Å². The highest BCUT2D eigenvalue weighted by atomic mass is 35.5. The topological polar surface area (TPSA) is 62.6 Å². The van der Waals surface area contributed by atoms with Crippen molar-refractivity contribution in [3.05, 3.63) is 64.4 Å². The number of anilines is 1. The number of rotatable bonds is 6. The Bertz CT molecular complexity index is 765. The fraction of sp³-hybridized carbons (Fsp3) is 0.222. The van der Waals surface area contributed by atoms with Crippen LogP contribution in [-0.2, 0) is 11.3 Å². The molecule has 7 heteroatoms. The number of carbonyl (C=O) groups excluding carboxylic acids is 2. The highest BCUT2D eigenvalue weighted by Crippen LogP contribution is 2.19. The Morgan fingerprint density at radius 3 is 2.44 bits per heavy atom. The van der Waals surface area contributed by atoms with Crippen LogP contribution in [0.3, 0.4) is 0 Å². The van der Waals surface area contributed by atoms with E-state index in [0.717, 1.165) is 10.5 Å². The average Bonchev–Trinajstić information content (AvgIpc) is 2.58. The van der Waals surface area contributed by atoms with E-state index in [1.54, 1.807) is 19.2 Å². The molecule has 0 radical (unpaired) electrons. The summed E-state index contributed by atoms with van der Waals surface area (Å²) >= 11 is 5.70. The van der Waals surface area contributed by atoms with Crippen molar-refractivity contribution in [3.63, 3.8) is 0 Å². The number of halogens is 2. The van der Waals surface area contributed by atoms with E-state index in [-0.39, 0.29) is 23.4 Å². The summed E-state index contributed by atoms with van der Waals surface area (Å²) in [4.78, 5) is 24.5. The summed E-state index contributed by atoms with van der Waals surface area (Å²) in [7, 11) is 3.48. The molecule has 0 aromatic heterocycles. The monoisotopic (exact) mass is 364 g/mol. The van der Waals surface area contributed by atoms with Crippen molar-refractivity contribution < 1.29 is 18.9 Å². The smallest absolute Gasteiger partial charge is 0.279 e. The van der Waals surface area contributed by atoms with Crippen LogP contribution < -0.4 is 15.5 Å². The summed E-state index contributed by atoms with van der Waals surface area (Å²) in [5.74, 6) is -0.852. The van der Waals surface area contributed by atoms with Gasteiger partial charge in [0.15, 0.2) is 6.54 Å². The van der Waals surface area contributed by atoms with E-state index in [2.05, 4.69) is 10.6 Å². The van der Waals surface area contributed by atoms with Crippen LogP contribution in [0.25, 0.3) is 0 Å². The lowest BCUT2D eigenvalue weighted by Gasteiger charge is -2.14. The standard InChI is InChI=1S/C18H19ClFN3O2/c1-21-18(25)13-5-3-12(4-6-13)10-23(2)11-17(24)22-14-7-8-16(20)15(19)9-14/h3-9H,10-11H2,1-2H3,(H,21,25)(H,22,24)/p+1. The fourth-order valence-corrected chi connectivity index (χ4v) is 2.56. The number of quaternary nitrogens is 1. The molecule has 3 N–H and O–H groups in total. The number of hydrogen-bond acceptors (Lipinski definition) is 2. The van der Waals surface area contributed by atoms with E-state index >= 15 is 0 Å². The molecule has 132 valence electrons. The Kier molecular flexibility index (Phi) is 6.50. The van der Waals surface area contributed by atoms with Gasteiger partial charge in [-0.15, -0.1) is 0 Å². The van der Waals surface area contributed by atoms with Gasteiger partial charge in [0.25, 0.3) is 11.8 Å². The summed E-state index contributed by atoms with van der Waals surface area (Å²) in [6.07, 6.45) is 0. The van der Waals surface area contributed by atoms with Crippen molar-refractivity contribution in [2.75, 3.05) is 26.0 Å². The molecule has 2 amide bonds. The summed E-state index contributed by atoms with van der Waals surface area (Å²) < 4.78 is 13.1. The first-order valence-electron chi connectivity index (χ1n) is 7.76. The second kappa shape index (κ2) is 8.60. The third-order valence-corrected chi connectivity index (χ3v) is 3.90. The number of likely N-dealkylation sites (N-methyl/N-ethyl adjacent to an activating group) is 1. The van der Waals surface area contributed by atoms with E-state index in [1.807, 2.05) is 19.2 Å². The minimum Gasteiger partial charge on any atom is -0.355 e. The largest absolute Gasteiger partial charge is 0.355 e. The molecule has 0 heterocycles. The van der Waals surface area contributed by atoms with Gasteiger partial charge >= 0.3 is 0 Å². The van der Waals surface area contributed by atoms with E-state index in [1.165, 1.54) is 18.2 Å². The van der Waals surface area contributed by atoms with Crippen molar-refractivity contribution >= 4 is 29.1 Å². The number of carbonyl (C=O) groups is 2. The molecule has 0 aliphatic rings. The predicted octanol–water partition coefficient (Wildman–Crippen LogP) is 1.49. The van der Waals surface area contributed by atoms with Gasteiger partial charge in [-0.05, 0) is 30.3 Å². The molecule has 1 unspecified atom stereocenters. The lowest BCUT2D eigenvalue weighted by atomic mass is 10.1. The molecule has 0 saturated heterocycles. The van der Waals surface area contributed by atoms with Gasteiger partial charge in [-0.1, -0.05) is 23.7 Å². The van der Waals surface area contributed by atoms with Crippen LogP contribution >= 0.6 is 11.6 Å². The number of amides is 2. The van der Waals surface area contributed by atoms with Crippen molar-refractivity contribution in [3.8, 4) is 0 Å². The summed E-state index contributed by atoms with van der Waals surface area (Å²) in [5, 5.41) is 5.23. The minimum atomic E-state index is -0.525. The Balaban J connectivity index is 1.88. The van der Waals surface area contributed by atoms with Gasteiger partial charge in [-0.2, -0.15) is 0 Å². The predicted molar refractivity (Wildman–Crippen MR) is 95.3 cm³/mol. The second-order valence-corrected chi connectivity index (χ2v) is 6.17. The van der Waals surface area contributed by atoms with Gasteiger partial charge in [0.1, 0.15) is 12.4 Å². The molecule has 0 saturated carbocycles. The van der Waals surface area contributed by atoms with Crippen LogP contribution in [0.1, 0.15) is 15.9 Å². The maximum absolute atomic E-state index is 13.1. The van der Waals surface area contributed by atoms with E-state index < -0.39 is 5.82 Å². The Labute approximate surface area is 150 Å². The first-order chi connectivity index (χ1) is 11.9. The number of nitrogens with one attached hydrogen (secondary N) is 3. The first-order valence-corrected chi connectivity index (χ1v) is 8.14. The Hall–Kier alpha value is -2.44. The number of hydrogen-bond donors (Lipinski definition) is 3. The van der Waals surface area contributed by atoms with E-state index in [0.29, 0.717) is 17.8 Å². The molecule has 2 aromatic carbocycles. The molecule has 5 nitrogen and oxygen atoms in total. The first kappa shape index (κ1) is 18.9. The normalized spacial score (nSPS) is 11.7. The molecule has 0 aliphatic carbocycles. The zero-order valence-electron chi connectivity index (χ0n) is 14.0. The van der Waals surface area contributed by atoms with Crippen LogP contribution in [0, 0.1) is 5.82 Å². The molecule has 2 rings (SSSR count). The maximum Gasteiger partial charge on any atom is 0.279 e. The van der Waals surface area contributed by atoms with Crippen molar-refractivity contribution in [1.82, 2.24) is 5.32 Å². The van der Waals surface area contributed by atoms with Gasteiger partial charge in [0.05, 0.1) is 12.1 Å². The van der Waals surface area contributed by atoms with Crippen LogP contribution in [0.4, 0.5) is 10.1 Å². The molecule has 0 aliphatic heterocycles. The molecule has 0 bridgehead atoms. The van der Waals surface area contributed by atoms with E-state index in [9.17, 15) is 14.0 Å². The SMILES string of the molecule is CNC(=O)c1ccc(C[NH+](C)CC(=O)Nc2ccc(F)c(Cl)c2)cc1. The molecule has 0 fully saturated rings. The van der Waals surface area contributed by atoms with Crippen LogP contribution in [0.15, 0.2) is 42.5 Å². The lowest BCUT2D eigenvalue weighted by Crippen LogP contribution is -3.08. The van der Waals surface area contributed by atoms with Crippen molar-refractivity contribution in [2.24, 2.45) is 0 Å². The molecule has 1 atom stereocenters. The molecule has 25 heavy (non-hydrogen) atoms. The van der Waals surface area contributed by atoms with Crippen LogP contribution in [-0.4, -0.2) is 32.5 Å². The van der Waals surface area contributed by atoms with Crippen molar-refractivity contribution in [2.45, 2.75) is 6.54 Å². The van der Waals surface area contributed by atoms with Gasteiger partial charge in [0, 0.05) is 23.9 Å². The third-order valence-electron chi connectivity index (χ3n) is 3.61. The Morgan fingerprint density at radius 2 is 1.84 bits per heavy atom. The molecule has 2 aromatic rings. The summed E-state index contributed by atoms with van der Waals surface area (Å²) in [6, 6.07) is 11.3. The molecule has 0 spiro atoms. The fourth-order valence-electron chi connectivity index (χ4n) is 2.38. The van der Waals surface area contributed by atoms with Crippen LogP contribution in [0.2, 0.25) is 5.02 Å². The minimum absolute atomic E-state index is 0.0327. The van der Waals surface area contributed by atoms with Gasteiger partial charge in [-0.3, -0.25) is 9.59 Å². The van der Waals surface area contributed by atoms with Gasteiger partial charge in [-0.25, -0.2) is 4.39 Å². The van der Waals surface area contributed by atoms with E-state index in [4.69, 9.17) is 11.6 Å².